The van der Waals surface area contributed by atoms with Gasteiger partial charge in [0.05, 0.1) is 19.2 Å². The summed E-state index contributed by atoms with van der Waals surface area (Å²) in [6.45, 7) is 0.162. The number of methoxy groups -OCH3 is 1. The van der Waals surface area contributed by atoms with Gasteiger partial charge >= 0.3 is 11.7 Å². The Morgan fingerprint density at radius 3 is 2.79 bits per heavy atom. The molecule has 0 radical (unpaired) electrons. The van der Waals surface area contributed by atoms with Gasteiger partial charge in [-0.3, -0.25) is 4.57 Å². The Bertz CT molecular complexity index is 672. The number of aromatic nitrogens is 3. The molecule has 0 saturated heterocycles. The maximum absolute atomic E-state index is 11.7. The van der Waals surface area contributed by atoms with Crippen LogP contribution in [0.3, 0.4) is 0 Å². The zero-order valence-electron chi connectivity index (χ0n) is 10.7. The summed E-state index contributed by atoms with van der Waals surface area (Å²) >= 11 is 0. The van der Waals surface area contributed by atoms with E-state index in [1.807, 2.05) is 0 Å². The van der Waals surface area contributed by atoms with E-state index in [0.29, 0.717) is 11.3 Å². The highest BCUT2D eigenvalue weighted by Gasteiger charge is 2.16. The van der Waals surface area contributed by atoms with Gasteiger partial charge in [0.2, 0.25) is 0 Å². The average molecular weight is 262 g/mol. The van der Waals surface area contributed by atoms with Crippen molar-refractivity contribution in [2.75, 3.05) is 12.8 Å². The summed E-state index contributed by atoms with van der Waals surface area (Å²) in [6.07, 6.45) is 1.41. The van der Waals surface area contributed by atoms with E-state index in [0.717, 1.165) is 0 Å². The minimum Gasteiger partial charge on any atom is -0.465 e. The van der Waals surface area contributed by atoms with Gasteiger partial charge < -0.3 is 10.5 Å². The SMILES string of the molecule is COC(=O)c1c(N)cccc1Cn1ncn(C)c1=O. The Kier molecular flexibility index (Phi) is 3.37. The molecular weight excluding hydrogens is 248 g/mol. The van der Waals surface area contributed by atoms with Crippen LogP contribution < -0.4 is 11.4 Å². The normalized spacial score (nSPS) is 10.4. The molecule has 100 valence electrons. The standard InChI is InChI=1S/C12H14N4O3/c1-15-7-14-16(12(15)18)6-8-4-3-5-9(13)10(8)11(17)19-2/h3-5,7H,6,13H2,1-2H3. The van der Waals surface area contributed by atoms with Crippen molar-refractivity contribution in [1.29, 1.82) is 0 Å². The lowest BCUT2D eigenvalue weighted by molar-refractivity contribution is 0.0600. The van der Waals surface area contributed by atoms with Crippen molar-refractivity contribution in [3.8, 4) is 0 Å². The van der Waals surface area contributed by atoms with Crippen LogP contribution in [-0.2, 0) is 18.3 Å². The van der Waals surface area contributed by atoms with E-state index >= 15 is 0 Å². The highest BCUT2D eigenvalue weighted by atomic mass is 16.5. The van der Waals surface area contributed by atoms with Crippen LogP contribution >= 0.6 is 0 Å². The van der Waals surface area contributed by atoms with Gasteiger partial charge in [-0.05, 0) is 11.6 Å². The number of anilines is 1. The van der Waals surface area contributed by atoms with E-state index in [1.54, 1.807) is 25.2 Å². The number of nitrogen functional groups attached to an aromatic ring is 1. The number of carbonyl (C=O) groups is 1. The molecule has 0 atom stereocenters. The fraction of sp³-hybridized carbons (Fsp3) is 0.250. The largest absolute Gasteiger partial charge is 0.465 e. The van der Waals surface area contributed by atoms with E-state index in [4.69, 9.17) is 10.5 Å². The van der Waals surface area contributed by atoms with Crippen molar-refractivity contribution in [3.05, 3.63) is 46.1 Å². The van der Waals surface area contributed by atoms with Gasteiger partial charge in [-0.1, -0.05) is 12.1 Å². The molecule has 1 aromatic carbocycles. The van der Waals surface area contributed by atoms with Gasteiger partial charge in [0, 0.05) is 12.7 Å². The van der Waals surface area contributed by atoms with Gasteiger partial charge in [0.15, 0.2) is 0 Å². The van der Waals surface area contributed by atoms with Gasteiger partial charge in [-0.15, -0.1) is 0 Å². The number of aryl methyl sites for hydroxylation is 1. The topological polar surface area (TPSA) is 92.1 Å². The van der Waals surface area contributed by atoms with E-state index in [2.05, 4.69) is 5.10 Å². The quantitative estimate of drug-likeness (QED) is 0.621. The van der Waals surface area contributed by atoms with Crippen molar-refractivity contribution >= 4 is 11.7 Å². The summed E-state index contributed by atoms with van der Waals surface area (Å²) in [5, 5.41) is 3.94. The molecule has 2 N–H and O–H groups in total. The van der Waals surface area contributed by atoms with E-state index < -0.39 is 5.97 Å². The maximum atomic E-state index is 11.7. The number of nitrogens with zero attached hydrogens (tertiary/aromatic N) is 3. The van der Waals surface area contributed by atoms with Crippen LogP contribution in [0.2, 0.25) is 0 Å². The van der Waals surface area contributed by atoms with Crippen molar-refractivity contribution in [3.63, 3.8) is 0 Å². The molecule has 7 nitrogen and oxygen atoms in total. The third-order valence-corrected chi connectivity index (χ3v) is 2.78. The Morgan fingerprint density at radius 1 is 1.47 bits per heavy atom. The number of ether oxygens (including phenoxy) is 1. The molecule has 0 bridgehead atoms. The summed E-state index contributed by atoms with van der Waals surface area (Å²) in [6, 6.07) is 5.03. The van der Waals surface area contributed by atoms with Gasteiger partial charge in [0.25, 0.3) is 0 Å². The molecule has 0 aliphatic rings. The molecule has 0 amide bonds. The monoisotopic (exact) mass is 262 g/mol. The van der Waals surface area contributed by atoms with Gasteiger partial charge in [-0.25, -0.2) is 14.3 Å². The first-order valence-electron chi connectivity index (χ1n) is 5.58. The summed E-state index contributed by atoms with van der Waals surface area (Å²) < 4.78 is 7.30. The molecule has 2 aromatic rings. The fourth-order valence-electron chi connectivity index (χ4n) is 1.79. The molecule has 0 unspecified atom stereocenters. The first kappa shape index (κ1) is 12.9. The molecule has 0 fully saturated rings. The zero-order valence-corrected chi connectivity index (χ0v) is 10.7. The highest BCUT2D eigenvalue weighted by molar-refractivity contribution is 5.96. The van der Waals surface area contributed by atoms with Gasteiger partial charge in [0.1, 0.15) is 6.33 Å². The third kappa shape index (κ3) is 2.35. The minimum atomic E-state index is -0.530. The number of nitrogens with two attached hydrogens (primary N) is 1. The lowest BCUT2D eigenvalue weighted by Gasteiger charge is -2.09. The minimum absolute atomic E-state index is 0.162. The second kappa shape index (κ2) is 4.97. The van der Waals surface area contributed by atoms with Crippen LogP contribution in [0.15, 0.2) is 29.3 Å². The Labute approximate surface area is 109 Å². The second-order valence-corrected chi connectivity index (χ2v) is 4.06. The van der Waals surface area contributed by atoms with Crippen LogP contribution in [0.5, 0.6) is 0 Å². The second-order valence-electron chi connectivity index (χ2n) is 4.06. The van der Waals surface area contributed by atoms with E-state index in [1.165, 1.54) is 22.7 Å². The van der Waals surface area contributed by atoms with Crippen LogP contribution in [0, 0.1) is 0 Å². The van der Waals surface area contributed by atoms with Crippen molar-refractivity contribution in [2.24, 2.45) is 7.05 Å². The Hall–Kier alpha value is -2.57. The third-order valence-electron chi connectivity index (χ3n) is 2.78. The first-order valence-corrected chi connectivity index (χ1v) is 5.58. The van der Waals surface area contributed by atoms with E-state index in [9.17, 15) is 9.59 Å². The van der Waals surface area contributed by atoms with Gasteiger partial charge in [-0.2, -0.15) is 5.10 Å². The van der Waals surface area contributed by atoms with Crippen molar-refractivity contribution in [2.45, 2.75) is 6.54 Å². The Morgan fingerprint density at radius 2 is 2.21 bits per heavy atom. The number of carbonyl (C=O) groups excluding carboxylic acids is 1. The maximum Gasteiger partial charge on any atom is 0.345 e. The molecule has 0 aliphatic heterocycles. The summed E-state index contributed by atoms with van der Waals surface area (Å²) in [5.74, 6) is -0.530. The highest BCUT2D eigenvalue weighted by Crippen LogP contribution is 2.18. The van der Waals surface area contributed by atoms with Crippen LogP contribution in [-0.4, -0.2) is 27.4 Å². The molecule has 1 aromatic heterocycles. The number of hydrogen-bond acceptors (Lipinski definition) is 5. The smallest absolute Gasteiger partial charge is 0.345 e. The average Bonchev–Trinajstić information content (AvgIpc) is 2.70. The number of esters is 1. The molecule has 2 rings (SSSR count). The number of rotatable bonds is 3. The number of hydrogen-bond donors (Lipinski definition) is 1. The fourth-order valence-corrected chi connectivity index (χ4v) is 1.79. The van der Waals surface area contributed by atoms with Crippen LogP contribution in [0.1, 0.15) is 15.9 Å². The zero-order chi connectivity index (χ0) is 14.0. The molecule has 0 aliphatic carbocycles. The molecule has 19 heavy (non-hydrogen) atoms. The van der Waals surface area contributed by atoms with Crippen LogP contribution in [0.25, 0.3) is 0 Å². The molecular formula is C12H14N4O3. The predicted molar refractivity (Wildman–Crippen MR) is 68.8 cm³/mol. The van der Waals surface area contributed by atoms with E-state index in [-0.39, 0.29) is 17.8 Å². The molecule has 0 spiro atoms. The summed E-state index contributed by atoms with van der Waals surface area (Å²) in [7, 11) is 2.89. The summed E-state index contributed by atoms with van der Waals surface area (Å²) in [4.78, 5) is 23.4. The van der Waals surface area contributed by atoms with Crippen LogP contribution in [0.4, 0.5) is 5.69 Å². The summed E-state index contributed by atoms with van der Waals surface area (Å²) in [5.41, 5.74) is 6.69. The lowest BCUT2D eigenvalue weighted by atomic mass is 10.1. The number of benzene rings is 1. The molecule has 1 heterocycles. The first-order chi connectivity index (χ1) is 9.04. The van der Waals surface area contributed by atoms with Crippen molar-refractivity contribution < 1.29 is 9.53 Å². The van der Waals surface area contributed by atoms with Crippen molar-refractivity contribution in [1.82, 2.24) is 14.3 Å². The molecule has 7 heteroatoms. The predicted octanol–water partition coefficient (Wildman–Crippen LogP) is -0.00110. The molecule has 0 saturated carbocycles. The lowest BCUT2D eigenvalue weighted by Crippen LogP contribution is -2.24. The Balaban J connectivity index is 2.46.